The van der Waals surface area contributed by atoms with Gasteiger partial charge in [-0.05, 0) is 43.7 Å². The number of rotatable bonds is 9. The maximum Gasteiger partial charge on any atom is 0.306 e. The molecule has 156 valence electrons. The van der Waals surface area contributed by atoms with Crippen LogP contribution in [0.1, 0.15) is 25.3 Å². The van der Waals surface area contributed by atoms with E-state index in [9.17, 15) is 18.0 Å². The molecule has 2 N–H and O–H groups in total. The molecule has 1 amide bonds. The third-order valence-corrected chi connectivity index (χ3v) is 5.48. The summed E-state index contributed by atoms with van der Waals surface area (Å²) in [6.45, 7) is 3.59. The van der Waals surface area contributed by atoms with Crippen LogP contribution in [0.5, 0.6) is 5.75 Å². The van der Waals surface area contributed by atoms with Crippen LogP contribution in [0, 0.1) is 6.92 Å². The molecule has 0 saturated carbocycles. The van der Waals surface area contributed by atoms with Crippen molar-refractivity contribution in [3.05, 3.63) is 48.0 Å². The number of nitrogens with one attached hydrogen (secondary N) is 2. The number of amides is 1. The van der Waals surface area contributed by atoms with E-state index < -0.39 is 21.9 Å². The Morgan fingerprint density at radius 3 is 2.48 bits per heavy atom. The number of carbonyl (C=O) groups is 2. The molecule has 0 aliphatic carbocycles. The van der Waals surface area contributed by atoms with Crippen LogP contribution in [0.3, 0.4) is 0 Å². The summed E-state index contributed by atoms with van der Waals surface area (Å²) in [5.41, 5.74) is 1.13. The Labute approximate surface area is 170 Å². The number of methoxy groups -OCH3 is 1. The zero-order valence-corrected chi connectivity index (χ0v) is 17.3. The van der Waals surface area contributed by atoms with E-state index in [1.807, 2.05) is 0 Å². The molecular weight excluding hydrogens is 396 g/mol. The summed E-state index contributed by atoms with van der Waals surface area (Å²) in [4.78, 5) is 23.4. The molecule has 0 unspecified atom stereocenters. The minimum Gasteiger partial charge on any atom is -0.495 e. The molecule has 0 aliphatic heterocycles. The molecule has 2 aromatic carbocycles. The second-order valence-electron chi connectivity index (χ2n) is 6.14. The minimum atomic E-state index is -3.92. The smallest absolute Gasteiger partial charge is 0.306 e. The third-order valence-electron chi connectivity index (χ3n) is 3.97. The third kappa shape index (κ3) is 6.21. The molecule has 9 heteroatoms. The molecule has 0 bridgehead atoms. The number of carbonyl (C=O) groups excluding carboxylic acids is 2. The van der Waals surface area contributed by atoms with Crippen molar-refractivity contribution in [3.63, 3.8) is 0 Å². The summed E-state index contributed by atoms with van der Waals surface area (Å²) in [6, 6.07) is 11.2. The van der Waals surface area contributed by atoms with Gasteiger partial charge in [-0.15, -0.1) is 0 Å². The quantitative estimate of drug-likeness (QED) is 0.603. The Balaban J connectivity index is 2.17. The monoisotopic (exact) mass is 420 g/mol. The van der Waals surface area contributed by atoms with Crippen LogP contribution >= 0.6 is 0 Å². The molecule has 0 aromatic heterocycles. The van der Waals surface area contributed by atoms with E-state index in [0.717, 1.165) is 0 Å². The zero-order valence-electron chi connectivity index (χ0n) is 16.5. The van der Waals surface area contributed by atoms with Crippen molar-refractivity contribution >= 4 is 33.3 Å². The number of sulfonamides is 1. The molecule has 0 aliphatic rings. The van der Waals surface area contributed by atoms with E-state index in [0.29, 0.717) is 22.7 Å². The number of hydrogen-bond acceptors (Lipinski definition) is 6. The van der Waals surface area contributed by atoms with Gasteiger partial charge in [-0.1, -0.05) is 18.2 Å². The highest BCUT2D eigenvalue weighted by Gasteiger charge is 2.20. The van der Waals surface area contributed by atoms with Crippen LogP contribution in [0.2, 0.25) is 0 Å². The number of aryl methyl sites for hydroxylation is 1. The number of benzene rings is 2. The fourth-order valence-electron chi connectivity index (χ4n) is 2.57. The van der Waals surface area contributed by atoms with Gasteiger partial charge in [-0.25, -0.2) is 8.42 Å². The maximum atomic E-state index is 12.9. The summed E-state index contributed by atoms with van der Waals surface area (Å²) in [6.07, 6.45) is -0.111. The number of ether oxygens (including phenoxy) is 2. The van der Waals surface area contributed by atoms with E-state index >= 15 is 0 Å². The summed E-state index contributed by atoms with van der Waals surface area (Å²) in [5, 5.41) is 2.60. The Morgan fingerprint density at radius 2 is 1.79 bits per heavy atom. The van der Waals surface area contributed by atoms with Gasteiger partial charge in [0.25, 0.3) is 10.0 Å². The molecule has 0 atom stereocenters. The van der Waals surface area contributed by atoms with Crippen molar-refractivity contribution in [2.45, 2.75) is 31.6 Å². The lowest BCUT2D eigenvalue weighted by molar-refractivity contribution is -0.144. The first-order chi connectivity index (χ1) is 13.8. The lowest BCUT2D eigenvalue weighted by Crippen LogP contribution is -2.17. The average molecular weight is 420 g/mol. The minimum absolute atomic E-state index is 0.0200. The lowest BCUT2D eigenvalue weighted by Gasteiger charge is -2.14. The Morgan fingerprint density at radius 1 is 1.07 bits per heavy atom. The summed E-state index contributed by atoms with van der Waals surface area (Å²) < 4.78 is 38.2. The highest BCUT2D eigenvalue weighted by molar-refractivity contribution is 7.92. The van der Waals surface area contributed by atoms with Crippen LogP contribution < -0.4 is 14.8 Å². The first-order valence-electron chi connectivity index (χ1n) is 8.98. The first-order valence-corrected chi connectivity index (χ1v) is 10.5. The summed E-state index contributed by atoms with van der Waals surface area (Å²) in [7, 11) is -2.47. The molecule has 2 aromatic rings. The number of para-hydroxylation sites is 2. The second kappa shape index (κ2) is 9.92. The van der Waals surface area contributed by atoms with Gasteiger partial charge in [0.1, 0.15) is 5.75 Å². The molecule has 2 rings (SSSR count). The molecule has 0 saturated heterocycles. The SMILES string of the molecule is CCOC(=O)CCC(=O)Nc1ccc(C)c(S(=O)(=O)Nc2ccccc2OC)c1. The van der Waals surface area contributed by atoms with Crippen molar-refractivity contribution in [3.8, 4) is 5.75 Å². The van der Waals surface area contributed by atoms with Crippen molar-refractivity contribution in [1.82, 2.24) is 0 Å². The molecule has 0 heterocycles. The van der Waals surface area contributed by atoms with E-state index in [-0.39, 0.29) is 24.3 Å². The molecular formula is C20H24N2O6S. The van der Waals surface area contributed by atoms with Crippen LogP contribution in [0.4, 0.5) is 11.4 Å². The lowest BCUT2D eigenvalue weighted by atomic mass is 10.2. The highest BCUT2D eigenvalue weighted by atomic mass is 32.2. The fraction of sp³-hybridized carbons (Fsp3) is 0.300. The van der Waals surface area contributed by atoms with Gasteiger partial charge in [0.2, 0.25) is 5.91 Å². The van der Waals surface area contributed by atoms with Crippen LogP contribution in [0.25, 0.3) is 0 Å². The Kier molecular flexibility index (Phi) is 7.60. The van der Waals surface area contributed by atoms with Crippen molar-refractivity contribution in [1.29, 1.82) is 0 Å². The summed E-state index contributed by atoms with van der Waals surface area (Å²) in [5.74, 6) is -0.490. The normalized spacial score (nSPS) is 10.9. The number of anilines is 2. The van der Waals surface area contributed by atoms with Gasteiger partial charge in [-0.3, -0.25) is 14.3 Å². The standard InChI is InChI=1S/C20H24N2O6S/c1-4-28-20(24)12-11-19(23)21-15-10-9-14(2)18(13-15)29(25,26)22-16-7-5-6-8-17(16)27-3/h5-10,13,22H,4,11-12H2,1-3H3,(H,21,23). The van der Waals surface area contributed by atoms with Gasteiger partial charge in [0, 0.05) is 12.1 Å². The van der Waals surface area contributed by atoms with Gasteiger partial charge < -0.3 is 14.8 Å². The maximum absolute atomic E-state index is 12.9. The number of hydrogen-bond donors (Lipinski definition) is 2. The predicted molar refractivity (Wildman–Crippen MR) is 109 cm³/mol. The first kappa shape index (κ1) is 22.2. The molecule has 0 radical (unpaired) electrons. The molecule has 0 fully saturated rings. The Bertz CT molecular complexity index is 988. The van der Waals surface area contributed by atoms with E-state index in [4.69, 9.17) is 9.47 Å². The highest BCUT2D eigenvalue weighted by Crippen LogP contribution is 2.28. The van der Waals surface area contributed by atoms with Crippen molar-refractivity contribution in [2.75, 3.05) is 23.8 Å². The second-order valence-corrected chi connectivity index (χ2v) is 7.79. The number of esters is 1. The van der Waals surface area contributed by atoms with Gasteiger partial charge in [0.15, 0.2) is 0 Å². The van der Waals surface area contributed by atoms with Gasteiger partial charge in [0.05, 0.1) is 30.7 Å². The van der Waals surface area contributed by atoms with Gasteiger partial charge >= 0.3 is 5.97 Å². The zero-order chi connectivity index (χ0) is 21.4. The Hall–Kier alpha value is -3.07. The fourth-order valence-corrected chi connectivity index (χ4v) is 3.91. The molecule has 8 nitrogen and oxygen atoms in total. The van der Waals surface area contributed by atoms with E-state index in [1.165, 1.54) is 13.2 Å². The molecule has 29 heavy (non-hydrogen) atoms. The van der Waals surface area contributed by atoms with Crippen LogP contribution in [-0.4, -0.2) is 34.0 Å². The van der Waals surface area contributed by atoms with E-state index in [1.54, 1.807) is 50.2 Å². The largest absolute Gasteiger partial charge is 0.495 e. The van der Waals surface area contributed by atoms with Crippen LogP contribution in [-0.2, 0) is 24.3 Å². The van der Waals surface area contributed by atoms with Crippen molar-refractivity contribution < 1.29 is 27.5 Å². The predicted octanol–water partition coefficient (Wildman–Crippen LogP) is 3.09. The molecule has 0 spiro atoms. The topological polar surface area (TPSA) is 111 Å². The van der Waals surface area contributed by atoms with E-state index in [2.05, 4.69) is 10.0 Å². The van der Waals surface area contributed by atoms with Crippen molar-refractivity contribution in [2.24, 2.45) is 0 Å². The van der Waals surface area contributed by atoms with Gasteiger partial charge in [-0.2, -0.15) is 0 Å². The summed E-state index contributed by atoms with van der Waals surface area (Å²) >= 11 is 0. The van der Waals surface area contributed by atoms with Crippen LogP contribution in [0.15, 0.2) is 47.4 Å². The average Bonchev–Trinajstić information content (AvgIpc) is 2.68.